The summed E-state index contributed by atoms with van der Waals surface area (Å²) in [5.74, 6) is 0.825. The van der Waals surface area contributed by atoms with Crippen molar-refractivity contribution in [1.29, 1.82) is 0 Å². The molecule has 0 aliphatic carbocycles. The van der Waals surface area contributed by atoms with E-state index in [0.29, 0.717) is 12.1 Å². The summed E-state index contributed by atoms with van der Waals surface area (Å²) in [7, 11) is 0. The number of hydrogen-bond acceptors (Lipinski definition) is 3. The van der Waals surface area contributed by atoms with Crippen LogP contribution in [0.2, 0.25) is 5.02 Å². The van der Waals surface area contributed by atoms with Crippen LogP contribution in [0.15, 0.2) is 41.3 Å². The minimum atomic E-state index is -0.0157. The molecular weight excluding hydrogens is 388 g/mol. The van der Waals surface area contributed by atoms with Crippen molar-refractivity contribution in [2.45, 2.75) is 44.3 Å². The Morgan fingerprint density at radius 2 is 1.82 bits per heavy atom. The van der Waals surface area contributed by atoms with Crippen LogP contribution < -0.4 is 10.6 Å². The molecule has 1 aliphatic rings. The largest absolute Gasteiger partial charge is 0.352 e. The number of carbonyl (C=O) groups excluding carboxylic acids is 1. The van der Waals surface area contributed by atoms with Crippen molar-refractivity contribution >= 4 is 29.3 Å². The highest BCUT2D eigenvalue weighted by Crippen LogP contribution is 2.36. The van der Waals surface area contributed by atoms with Crippen LogP contribution >= 0.6 is 23.4 Å². The number of fused-ring (bicyclic) bond motifs is 1. The van der Waals surface area contributed by atoms with Gasteiger partial charge in [-0.15, -0.1) is 11.8 Å². The minimum absolute atomic E-state index is 0.0157. The third-order valence-electron chi connectivity index (χ3n) is 4.81. The monoisotopic (exact) mass is 416 g/mol. The predicted molar refractivity (Wildman–Crippen MR) is 120 cm³/mol. The van der Waals surface area contributed by atoms with Crippen LogP contribution in [0, 0.1) is 5.41 Å². The summed E-state index contributed by atoms with van der Waals surface area (Å²) in [4.78, 5) is 13.5. The molecule has 1 aliphatic heterocycles. The van der Waals surface area contributed by atoms with Crippen LogP contribution in [-0.2, 0) is 18.6 Å². The first-order chi connectivity index (χ1) is 13.3. The van der Waals surface area contributed by atoms with Crippen LogP contribution in [-0.4, -0.2) is 25.5 Å². The summed E-state index contributed by atoms with van der Waals surface area (Å²) < 4.78 is 0. The van der Waals surface area contributed by atoms with Crippen LogP contribution in [0.1, 0.15) is 47.8 Å². The Morgan fingerprint density at radius 3 is 2.54 bits per heavy atom. The summed E-state index contributed by atoms with van der Waals surface area (Å²) >= 11 is 8.32. The molecule has 150 valence electrons. The van der Waals surface area contributed by atoms with Gasteiger partial charge >= 0.3 is 0 Å². The Morgan fingerprint density at radius 1 is 1.11 bits per heavy atom. The Bertz CT molecular complexity index is 828. The molecule has 0 radical (unpaired) electrons. The molecule has 3 nitrogen and oxygen atoms in total. The second-order valence-corrected chi connectivity index (χ2v) is 9.89. The second kappa shape index (κ2) is 9.34. The highest BCUT2D eigenvalue weighted by molar-refractivity contribution is 7.98. The van der Waals surface area contributed by atoms with Crippen molar-refractivity contribution in [2.24, 2.45) is 5.41 Å². The van der Waals surface area contributed by atoms with Crippen molar-refractivity contribution in [1.82, 2.24) is 10.6 Å². The summed E-state index contributed by atoms with van der Waals surface area (Å²) in [6.07, 6.45) is 2.07. The zero-order chi connectivity index (χ0) is 20.1. The van der Waals surface area contributed by atoms with Gasteiger partial charge in [-0.25, -0.2) is 0 Å². The first-order valence-electron chi connectivity index (χ1n) is 9.84. The van der Waals surface area contributed by atoms with E-state index in [1.807, 2.05) is 30.3 Å². The summed E-state index contributed by atoms with van der Waals surface area (Å²) in [6, 6.07) is 12.1. The van der Waals surface area contributed by atoms with Crippen LogP contribution in [0.25, 0.3) is 0 Å². The molecule has 2 aromatic carbocycles. The van der Waals surface area contributed by atoms with Gasteiger partial charge in [0.15, 0.2) is 0 Å². The smallest absolute Gasteiger partial charge is 0.251 e. The molecule has 0 fully saturated rings. The van der Waals surface area contributed by atoms with Crippen LogP contribution in [0.4, 0.5) is 0 Å². The normalized spacial score (nSPS) is 14.3. The number of carbonyl (C=O) groups is 1. The van der Waals surface area contributed by atoms with Crippen molar-refractivity contribution in [2.75, 3.05) is 19.6 Å². The van der Waals surface area contributed by atoms with Gasteiger partial charge in [-0.2, -0.15) is 0 Å². The molecule has 0 spiro atoms. The number of amides is 1. The van der Waals surface area contributed by atoms with E-state index >= 15 is 0 Å². The Hall–Kier alpha value is -1.49. The molecule has 5 heteroatoms. The Balaban J connectivity index is 1.65. The van der Waals surface area contributed by atoms with E-state index < -0.39 is 0 Å². The molecule has 0 atom stereocenters. The number of halogens is 1. The van der Waals surface area contributed by atoms with Gasteiger partial charge in [0.25, 0.3) is 5.91 Å². The molecule has 1 heterocycles. The van der Waals surface area contributed by atoms with Gasteiger partial charge in [0.05, 0.1) is 5.02 Å². The minimum Gasteiger partial charge on any atom is -0.352 e. The Labute approximate surface area is 177 Å². The average Bonchev–Trinajstić information content (AvgIpc) is 2.91. The highest BCUT2D eigenvalue weighted by atomic mass is 35.5. The van der Waals surface area contributed by atoms with E-state index in [1.54, 1.807) is 11.8 Å². The van der Waals surface area contributed by atoms with Crippen molar-refractivity contribution in [3.05, 3.63) is 63.7 Å². The molecule has 3 rings (SSSR count). The molecule has 2 aromatic rings. The second-order valence-electron chi connectivity index (χ2n) is 8.49. The van der Waals surface area contributed by atoms with Gasteiger partial charge in [0.1, 0.15) is 0 Å². The van der Waals surface area contributed by atoms with E-state index in [1.165, 1.54) is 21.6 Å². The zero-order valence-electron chi connectivity index (χ0n) is 16.9. The van der Waals surface area contributed by atoms with Crippen molar-refractivity contribution in [3.8, 4) is 0 Å². The van der Waals surface area contributed by atoms with Gasteiger partial charge in [0, 0.05) is 22.8 Å². The average molecular weight is 417 g/mol. The van der Waals surface area contributed by atoms with Crippen molar-refractivity contribution < 1.29 is 4.79 Å². The van der Waals surface area contributed by atoms with E-state index in [0.717, 1.165) is 36.7 Å². The number of nitrogens with one attached hydrogen (secondary N) is 2. The zero-order valence-corrected chi connectivity index (χ0v) is 18.5. The fourth-order valence-electron chi connectivity index (χ4n) is 3.22. The SMILES string of the molecule is CC(C)(C)CNC(=O)c1ccc(CSc2c(Cl)ccc3c2CCNCC3)cc1. The standard InChI is InChI=1S/C23H29ClN2OS/c1-23(2,3)15-26-22(27)18-6-4-16(5-7-18)14-28-21-19-11-13-25-12-10-17(19)8-9-20(21)24/h4-9,25H,10-15H2,1-3H3,(H,26,27). The Kier molecular flexibility index (Phi) is 7.08. The number of hydrogen-bond donors (Lipinski definition) is 2. The molecule has 0 aromatic heterocycles. The molecule has 2 N–H and O–H groups in total. The number of thioether (sulfide) groups is 1. The molecule has 1 amide bonds. The quantitative estimate of drug-likeness (QED) is 0.666. The number of rotatable bonds is 5. The van der Waals surface area contributed by atoms with Crippen LogP contribution in [0.3, 0.4) is 0 Å². The van der Waals surface area contributed by atoms with E-state index in [2.05, 4.69) is 37.5 Å². The van der Waals surface area contributed by atoms with Gasteiger partial charge in [-0.1, -0.05) is 50.6 Å². The van der Waals surface area contributed by atoms with Crippen LogP contribution in [0.5, 0.6) is 0 Å². The topological polar surface area (TPSA) is 41.1 Å². The van der Waals surface area contributed by atoms with Gasteiger partial charge in [-0.3, -0.25) is 4.79 Å². The number of benzene rings is 2. The maximum Gasteiger partial charge on any atom is 0.251 e. The molecule has 28 heavy (non-hydrogen) atoms. The predicted octanol–water partition coefficient (Wildman–Crippen LogP) is 5.10. The van der Waals surface area contributed by atoms with E-state index in [9.17, 15) is 4.79 Å². The summed E-state index contributed by atoms with van der Waals surface area (Å²) in [5, 5.41) is 7.29. The summed E-state index contributed by atoms with van der Waals surface area (Å²) in [6.45, 7) is 9.02. The lowest BCUT2D eigenvalue weighted by molar-refractivity contribution is 0.0939. The third-order valence-corrected chi connectivity index (χ3v) is 6.47. The van der Waals surface area contributed by atoms with Gasteiger partial charge in [0.2, 0.25) is 0 Å². The molecule has 0 unspecified atom stereocenters. The lowest BCUT2D eigenvalue weighted by Crippen LogP contribution is -2.32. The first-order valence-corrected chi connectivity index (χ1v) is 11.2. The maximum atomic E-state index is 12.3. The highest BCUT2D eigenvalue weighted by Gasteiger charge is 2.16. The maximum absolute atomic E-state index is 12.3. The van der Waals surface area contributed by atoms with E-state index in [-0.39, 0.29) is 11.3 Å². The van der Waals surface area contributed by atoms with Gasteiger partial charge in [-0.05, 0) is 66.2 Å². The van der Waals surface area contributed by atoms with Gasteiger partial charge < -0.3 is 10.6 Å². The summed E-state index contributed by atoms with van der Waals surface area (Å²) in [5.41, 5.74) is 4.77. The lowest BCUT2D eigenvalue weighted by Gasteiger charge is -2.18. The molecule has 0 saturated carbocycles. The third kappa shape index (κ3) is 5.76. The fourth-order valence-corrected chi connectivity index (χ4v) is 4.68. The molecule has 0 saturated heterocycles. The molecular formula is C23H29ClN2OS. The molecule has 0 bridgehead atoms. The fraction of sp³-hybridized carbons (Fsp3) is 0.435. The van der Waals surface area contributed by atoms with Crippen molar-refractivity contribution in [3.63, 3.8) is 0 Å². The lowest BCUT2D eigenvalue weighted by atomic mass is 9.97. The van der Waals surface area contributed by atoms with E-state index in [4.69, 9.17) is 11.6 Å². The first kappa shape index (κ1) is 21.2.